The van der Waals surface area contributed by atoms with Crippen LogP contribution in [0.15, 0.2) is 50.2 Å². The summed E-state index contributed by atoms with van der Waals surface area (Å²) in [6.45, 7) is 0.408. The minimum absolute atomic E-state index is 0.243. The van der Waals surface area contributed by atoms with Crippen LogP contribution in [-0.4, -0.2) is 15.0 Å². The van der Waals surface area contributed by atoms with Crippen molar-refractivity contribution < 1.29 is 8.42 Å². The van der Waals surface area contributed by atoms with E-state index >= 15 is 0 Å². The number of hydrogen-bond donors (Lipinski definition) is 1. The van der Waals surface area contributed by atoms with Crippen molar-refractivity contribution in [3.05, 3.63) is 50.9 Å². The molecule has 2 aromatic rings. The van der Waals surface area contributed by atoms with E-state index in [1.807, 2.05) is 0 Å². The standard InChI is InChI=1S/C14H12Br2N2O2S/c15-9-4-5-11(16)14(8-9)21(19,20)18-7-6-10-12(17)2-1-3-13(10)18/h1-5,8H,6-7,17H2. The maximum absolute atomic E-state index is 12.9. The molecule has 0 spiro atoms. The quantitative estimate of drug-likeness (QED) is 0.739. The van der Waals surface area contributed by atoms with Gasteiger partial charge in [0.2, 0.25) is 0 Å². The molecule has 0 unspecified atom stereocenters. The van der Waals surface area contributed by atoms with Gasteiger partial charge in [-0.3, -0.25) is 4.31 Å². The largest absolute Gasteiger partial charge is 0.398 e. The molecule has 0 aliphatic carbocycles. The highest BCUT2D eigenvalue weighted by atomic mass is 79.9. The van der Waals surface area contributed by atoms with E-state index in [0.29, 0.717) is 28.8 Å². The Balaban J connectivity index is 2.14. The highest BCUT2D eigenvalue weighted by Gasteiger charge is 2.33. The first kappa shape index (κ1) is 14.9. The van der Waals surface area contributed by atoms with Crippen molar-refractivity contribution in [3.8, 4) is 0 Å². The van der Waals surface area contributed by atoms with Gasteiger partial charge in [-0.25, -0.2) is 8.42 Å². The fourth-order valence-corrected chi connectivity index (χ4v) is 5.44. The number of rotatable bonds is 2. The summed E-state index contributed by atoms with van der Waals surface area (Å²) >= 11 is 6.63. The molecule has 0 fully saturated rings. The summed E-state index contributed by atoms with van der Waals surface area (Å²) in [5, 5.41) is 0. The number of nitrogen functional groups attached to an aromatic ring is 1. The fourth-order valence-electron chi connectivity index (χ4n) is 2.48. The topological polar surface area (TPSA) is 63.4 Å². The van der Waals surface area contributed by atoms with Crippen LogP contribution in [-0.2, 0) is 16.4 Å². The van der Waals surface area contributed by atoms with Gasteiger partial charge >= 0.3 is 0 Å². The molecule has 110 valence electrons. The zero-order valence-corrected chi connectivity index (χ0v) is 14.9. The summed E-state index contributed by atoms with van der Waals surface area (Å²) in [6.07, 6.45) is 0.632. The van der Waals surface area contributed by atoms with Crippen LogP contribution in [0.25, 0.3) is 0 Å². The lowest BCUT2D eigenvalue weighted by Crippen LogP contribution is -2.29. The minimum atomic E-state index is -3.62. The van der Waals surface area contributed by atoms with Gasteiger partial charge in [0.05, 0.1) is 5.69 Å². The molecule has 0 atom stereocenters. The molecule has 1 aliphatic heterocycles. The Morgan fingerprint density at radius 2 is 1.90 bits per heavy atom. The van der Waals surface area contributed by atoms with Gasteiger partial charge in [-0.2, -0.15) is 0 Å². The molecular weight excluding hydrogens is 420 g/mol. The first-order valence-corrected chi connectivity index (χ1v) is 9.29. The number of sulfonamides is 1. The van der Waals surface area contributed by atoms with Crippen molar-refractivity contribution in [1.29, 1.82) is 0 Å². The van der Waals surface area contributed by atoms with Crippen molar-refractivity contribution in [3.63, 3.8) is 0 Å². The van der Waals surface area contributed by atoms with Crippen LogP contribution in [0.5, 0.6) is 0 Å². The van der Waals surface area contributed by atoms with Crippen molar-refractivity contribution >= 4 is 53.3 Å². The summed E-state index contributed by atoms with van der Waals surface area (Å²) in [5.74, 6) is 0. The number of benzene rings is 2. The van der Waals surface area contributed by atoms with Gasteiger partial charge in [-0.1, -0.05) is 22.0 Å². The highest BCUT2D eigenvalue weighted by molar-refractivity contribution is 9.11. The Hall–Kier alpha value is -1.05. The maximum Gasteiger partial charge on any atom is 0.265 e. The van der Waals surface area contributed by atoms with Crippen LogP contribution in [0, 0.1) is 0 Å². The van der Waals surface area contributed by atoms with E-state index in [2.05, 4.69) is 31.9 Å². The molecule has 2 N–H and O–H groups in total. The number of nitrogens with two attached hydrogens (primary N) is 1. The van der Waals surface area contributed by atoms with Crippen LogP contribution >= 0.6 is 31.9 Å². The number of anilines is 2. The van der Waals surface area contributed by atoms with Crippen LogP contribution in [0.1, 0.15) is 5.56 Å². The lowest BCUT2D eigenvalue weighted by Gasteiger charge is -2.20. The second-order valence-corrected chi connectivity index (χ2v) is 8.35. The lowest BCUT2D eigenvalue weighted by atomic mass is 10.1. The highest BCUT2D eigenvalue weighted by Crippen LogP contribution is 2.38. The molecule has 0 aromatic heterocycles. The van der Waals surface area contributed by atoms with Crippen molar-refractivity contribution in [2.45, 2.75) is 11.3 Å². The molecule has 3 rings (SSSR count). The second-order valence-electron chi connectivity index (χ2n) is 4.75. The predicted molar refractivity (Wildman–Crippen MR) is 90.9 cm³/mol. The Bertz CT molecular complexity index is 822. The van der Waals surface area contributed by atoms with Gasteiger partial charge in [0.1, 0.15) is 4.90 Å². The van der Waals surface area contributed by atoms with Crippen LogP contribution in [0.2, 0.25) is 0 Å². The summed E-state index contributed by atoms with van der Waals surface area (Å²) < 4.78 is 28.5. The average Bonchev–Trinajstić information content (AvgIpc) is 2.87. The number of nitrogens with zero attached hydrogens (tertiary/aromatic N) is 1. The smallest absolute Gasteiger partial charge is 0.265 e. The Morgan fingerprint density at radius 3 is 2.67 bits per heavy atom. The third-order valence-electron chi connectivity index (χ3n) is 3.48. The summed E-state index contributed by atoms with van der Waals surface area (Å²) in [6, 6.07) is 10.5. The first-order valence-electron chi connectivity index (χ1n) is 6.26. The van der Waals surface area contributed by atoms with E-state index in [9.17, 15) is 8.42 Å². The van der Waals surface area contributed by atoms with Crippen molar-refractivity contribution in [1.82, 2.24) is 0 Å². The summed E-state index contributed by atoms with van der Waals surface area (Å²) in [7, 11) is -3.62. The zero-order valence-electron chi connectivity index (χ0n) is 10.9. The molecule has 4 nitrogen and oxygen atoms in total. The lowest BCUT2D eigenvalue weighted by molar-refractivity contribution is 0.592. The third-order valence-corrected chi connectivity index (χ3v) is 6.78. The van der Waals surface area contributed by atoms with E-state index in [1.165, 1.54) is 4.31 Å². The molecule has 1 heterocycles. The van der Waals surface area contributed by atoms with E-state index < -0.39 is 10.0 Å². The molecule has 0 saturated carbocycles. The Labute approximate surface area is 140 Å². The van der Waals surface area contributed by atoms with Gasteiger partial charge in [0, 0.05) is 26.7 Å². The van der Waals surface area contributed by atoms with E-state index in [0.717, 1.165) is 10.0 Å². The summed E-state index contributed by atoms with van der Waals surface area (Å²) in [5.41, 5.74) is 8.13. The molecule has 1 aliphatic rings. The SMILES string of the molecule is Nc1cccc2c1CCN2S(=O)(=O)c1cc(Br)ccc1Br. The molecule has 0 radical (unpaired) electrons. The van der Waals surface area contributed by atoms with Gasteiger partial charge < -0.3 is 5.73 Å². The van der Waals surface area contributed by atoms with Crippen LogP contribution in [0.3, 0.4) is 0 Å². The number of halogens is 2. The monoisotopic (exact) mass is 430 g/mol. The summed E-state index contributed by atoms with van der Waals surface area (Å²) in [4.78, 5) is 0.243. The van der Waals surface area contributed by atoms with Gasteiger partial charge in [0.15, 0.2) is 0 Å². The van der Waals surface area contributed by atoms with E-state index in [1.54, 1.807) is 36.4 Å². The number of fused-ring (bicyclic) bond motifs is 1. The van der Waals surface area contributed by atoms with Crippen molar-refractivity contribution in [2.24, 2.45) is 0 Å². The fraction of sp³-hybridized carbons (Fsp3) is 0.143. The molecule has 2 aromatic carbocycles. The molecule has 7 heteroatoms. The van der Waals surface area contributed by atoms with Crippen LogP contribution in [0.4, 0.5) is 11.4 Å². The Morgan fingerprint density at radius 1 is 1.14 bits per heavy atom. The molecule has 0 saturated heterocycles. The number of hydrogen-bond acceptors (Lipinski definition) is 3. The second kappa shape index (κ2) is 5.30. The molecule has 0 bridgehead atoms. The van der Waals surface area contributed by atoms with Crippen molar-refractivity contribution in [2.75, 3.05) is 16.6 Å². The normalized spacial score (nSPS) is 14.3. The van der Waals surface area contributed by atoms with Crippen LogP contribution < -0.4 is 10.0 Å². The molecule has 0 amide bonds. The zero-order chi connectivity index (χ0) is 15.2. The van der Waals surface area contributed by atoms with E-state index in [-0.39, 0.29) is 4.90 Å². The first-order chi connectivity index (χ1) is 9.91. The molecular formula is C14H12Br2N2O2S. The van der Waals surface area contributed by atoms with Gasteiger partial charge in [-0.15, -0.1) is 0 Å². The average molecular weight is 432 g/mol. The third kappa shape index (κ3) is 2.47. The van der Waals surface area contributed by atoms with Gasteiger partial charge in [0.25, 0.3) is 10.0 Å². The van der Waals surface area contributed by atoms with E-state index in [4.69, 9.17) is 5.73 Å². The molecule has 21 heavy (non-hydrogen) atoms. The van der Waals surface area contributed by atoms with Gasteiger partial charge in [-0.05, 0) is 52.7 Å². The maximum atomic E-state index is 12.9. The minimum Gasteiger partial charge on any atom is -0.398 e. The predicted octanol–water partition coefficient (Wildman–Crippen LogP) is 3.55. The Kier molecular flexibility index (Phi) is 3.75.